The lowest BCUT2D eigenvalue weighted by molar-refractivity contribution is 0.0977. The molecule has 9 heteroatoms. The molecule has 3 aromatic carbocycles. The summed E-state index contributed by atoms with van der Waals surface area (Å²) in [5.74, 6) is 1.01. The van der Waals surface area contributed by atoms with Gasteiger partial charge in [0.05, 0.1) is 24.9 Å². The summed E-state index contributed by atoms with van der Waals surface area (Å²) in [4.78, 5) is 17.2. The van der Waals surface area contributed by atoms with Gasteiger partial charge in [-0.25, -0.2) is 4.98 Å². The molecule has 0 aliphatic carbocycles. The minimum Gasteiger partial charge on any atom is -0.493 e. The number of aromatic nitrogens is 1. The van der Waals surface area contributed by atoms with Crippen molar-refractivity contribution in [2.45, 2.75) is 6.92 Å². The number of hydrogen-bond acceptors (Lipinski definition) is 6. The summed E-state index contributed by atoms with van der Waals surface area (Å²) < 4.78 is 16.3. The maximum Gasteiger partial charge on any atom is 0.257 e. The third-order valence-electron chi connectivity index (χ3n) is 4.88. The van der Waals surface area contributed by atoms with Crippen molar-refractivity contribution < 1.29 is 18.7 Å². The van der Waals surface area contributed by atoms with Crippen LogP contribution >= 0.6 is 23.8 Å². The summed E-state index contributed by atoms with van der Waals surface area (Å²) in [7, 11) is 3.02. The first-order valence-corrected chi connectivity index (χ1v) is 10.7. The zero-order valence-electron chi connectivity index (χ0n) is 18.1. The fourth-order valence-corrected chi connectivity index (χ4v) is 3.59. The fourth-order valence-electron chi connectivity index (χ4n) is 3.22. The lowest BCUT2D eigenvalue weighted by Crippen LogP contribution is -2.34. The predicted octanol–water partition coefficient (Wildman–Crippen LogP) is 5.60. The summed E-state index contributed by atoms with van der Waals surface area (Å²) >= 11 is 11.6. The Morgan fingerprint density at radius 3 is 2.58 bits per heavy atom. The van der Waals surface area contributed by atoms with E-state index in [1.54, 1.807) is 36.4 Å². The molecule has 4 aromatic rings. The number of rotatable bonds is 5. The Morgan fingerprint density at radius 2 is 1.82 bits per heavy atom. The molecule has 0 saturated carbocycles. The van der Waals surface area contributed by atoms with E-state index in [4.69, 9.17) is 37.7 Å². The van der Waals surface area contributed by atoms with Crippen LogP contribution in [0.3, 0.4) is 0 Å². The third-order valence-corrected chi connectivity index (χ3v) is 5.41. The summed E-state index contributed by atoms with van der Waals surface area (Å²) in [5.41, 5.74) is 4.13. The standard InChI is InChI=1S/C24H20ClN3O4S/c1-13-4-8-19-18(10-13)26-23(32-19)15-5-7-16(25)17(11-15)27-24(33)28-22(29)14-6-9-20(30-2)21(12-14)31-3/h4-12H,1-3H3,(H2,27,28,29,33). The number of thiocarbonyl (C=S) groups is 1. The number of aryl methyl sites for hydroxylation is 1. The van der Waals surface area contributed by atoms with Crippen LogP contribution in [-0.2, 0) is 0 Å². The van der Waals surface area contributed by atoms with Crippen molar-refractivity contribution in [3.05, 3.63) is 70.7 Å². The number of fused-ring (bicyclic) bond motifs is 1. The SMILES string of the molecule is COc1ccc(C(=O)NC(=S)Nc2cc(-c3nc4cc(C)ccc4o3)ccc2Cl)cc1OC. The predicted molar refractivity (Wildman–Crippen MR) is 132 cm³/mol. The van der Waals surface area contributed by atoms with E-state index in [2.05, 4.69) is 15.6 Å². The average molecular weight is 482 g/mol. The highest BCUT2D eigenvalue weighted by Gasteiger charge is 2.15. The van der Waals surface area contributed by atoms with Gasteiger partial charge in [0.15, 0.2) is 22.2 Å². The Balaban J connectivity index is 1.51. The van der Waals surface area contributed by atoms with Gasteiger partial charge in [-0.05, 0) is 73.2 Å². The number of oxazole rings is 1. The normalized spacial score (nSPS) is 10.7. The Labute approximate surface area is 200 Å². The Hall–Kier alpha value is -3.62. The molecular formula is C24H20ClN3O4S. The van der Waals surface area contributed by atoms with Gasteiger partial charge < -0.3 is 19.2 Å². The van der Waals surface area contributed by atoms with Gasteiger partial charge in [-0.15, -0.1) is 0 Å². The molecule has 1 aromatic heterocycles. The van der Waals surface area contributed by atoms with Crippen molar-refractivity contribution in [2.24, 2.45) is 0 Å². The van der Waals surface area contributed by atoms with Crippen LogP contribution in [0, 0.1) is 6.92 Å². The van der Waals surface area contributed by atoms with Gasteiger partial charge in [0, 0.05) is 11.1 Å². The second-order valence-electron chi connectivity index (χ2n) is 7.16. The van der Waals surface area contributed by atoms with Gasteiger partial charge in [-0.1, -0.05) is 17.7 Å². The molecule has 0 aliphatic rings. The Kier molecular flexibility index (Phi) is 6.48. The number of benzene rings is 3. The first-order valence-electron chi connectivity index (χ1n) is 9.89. The van der Waals surface area contributed by atoms with E-state index in [-0.39, 0.29) is 5.11 Å². The zero-order valence-corrected chi connectivity index (χ0v) is 19.6. The van der Waals surface area contributed by atoms with E-state index in [0.717, 1.165) is 11.1 Å². The van der Waals surface area contributed by atoms with Crippen molar-refractivity contribution >= 4 is 51.6 Å². The number of methoxy groups -OCH3 is 2. The average Bonchev–Trinajstić information content (AvgIpc) is 3.23. The minimum absolute atomic E-state index is 0.0852. The molecule has 1 amide bonds. The smallest absolute Gasteiger partial charge is 0.257 e. The van der Waals surface area contributed by atoms with E-state index in [9.17, 15) is 4.79 Å². The van der Waals surface area contributed by atoms with Gasteiger partial charge in [-0.3, -0.25) is 10.1 Å². The number of amides is 1. The minimum atomic E-state index is -0.407. The Bertz CT molecular complexity index is 1370. The summed E-state index contributed by atoms with van der Waals surface area (Å²) in [5, 5.41) is 6.10. The van der Waals surface area contributed by atoms with E-state index >= 15 is 0 Å². The second kappa shape index (κ2) is 9.48. The molecule has 0 aliphatic heterocycles. The van der Waals surface area contributed by atoms with Crippen LogP contribution in [0.4, 0.5) is 5.69 Å². The lowest BCUT2D eigenvalue weighted by atomic mass is 10.2. The molecule has 1 heterocycles. The van der Waals surface area contributed by atoms with E-state index in [1.165, 1.54) is 14.2 Å². The number of carbonyl (C=O) groups is 1. The number of halogens is 1. The first kappa shape index (κ1) is 22.6. The number of anilines is 1. The maximum atomic E-state index is 12.6. The van der Waals surface area contributed by atoms with Crippen molar-refractivity contribution in [1.29, 1.82) is 0 Å². The van der Waals surface area contributed by atoms with Crippen LogP contribution in [0.5, 0.6) is 11.5 Å². The number of nitrogens with one attached hydrogen (secondary N) is 2. The highest BCUT2D eigenvalue weighted by Crippen LogP contribution is 2.31. The number of nitrogens with zero attached hydrogens (tertiary/aromatic N) is 1. The molecule has 0 atom stereocenters. The van der Waals surface area contributed by atoms with E-state index in [0.29, 0.717) is 44.8 Å². The van der Waals surface area contributed by atoms with Crippen molar-refractivity contribution in [3.8, 4) is 23.0 Å². The molecule has 0 fully saturated rings. The quantitative estimate of drug-likeness (QED) is 0.359. The van der Waals surface area contributed by atoms with Crippen molar-refractivity contribution in [1.82, 2.24) is 10.3 Å². The van der Waals surface area contributed by atoms with Crippen molar-refractivity contribution in [3.63, 3.8) is 0 Å². The summed E-state index contributed by atoms with van der Waals surface area (Å²) in [6.07, 6.45) is 0. The van der Waals surface area contributed by atoms with Gasteiger partial charge in [0.25, 0.3) is 5.91 Å². The van der Waals surface area contributed by atoms with Gasteiger partial charge in [0.2, 0.25) is 5.89 Å². The van der Waals surface area contributed by atoms with Crippen molar-refractivity contribution in [2.75, 3.05) is 19.5 Å². The van der Waals surface area contributed by atoms with E-state index in [1.807, 2.05) is 25.1 Å². The lowest BCUT2D eigenvalue weighted by Gasteiger charge is -2.13. The highest BCUT2D eigenvalue weighted by atomic mass is 35.5. The van der Waals surface area contributed by atoms with Crippen LogP contribution in [0.1, 0.15) is 15.9 Å². The second-order valence-corrected chi connectivity index (χ2v) is 7.98. The maximum absolute atomic E-state index is 12.6. The van der Waals surface area contributed by atoms with Crippen LogP contribution in [0.15, 0.2) is 59.0 Å². The summed E-state index contributed by atoms with van der Waals surface area (Å²) in [6, 6.07) is 15.9. The number of carbonyl (C=O) groups excluding carboxylic acids is 1. The monoisotopic (exact) mass is 481 g/mol. The molecule has 0 saturated heterocycles. The van der Waals surface area contributed by atoms with E-state index < -0.39 is 5.91 Å². The van der Waals surface area contributed by atoms with Gasteiger partial charge >= 0.3 is 0 Å². The fraction of sp³-hybridized carbons (Fsp3) is 0.125. The first-order chi connectivity index (χ1) is 15.9. The third kappa shape index (κ3) is 4.92. The van der Waals surface area contributed by atoms with Crippen LogP contribution in [-0.4, -0.2) is 30.2 Å². The number of ether oxygens (including phenoxy) is 2. The largest absolute Gasteiger partial charge is 0.493 e. The van der Waals surface area contributed by atoms with Crippen LogP contribution < -0.4 is 20.1 Å². The molecular weight excluding hydrogens is 462 g/mol. The molecule has 0 spiro atoms. The van der Waals surface area contributed by atoms with Gasteiger partial charge in [0.1, 0.15) is 5.52 Å². The molecule has 168 valence electrons. The molecule has 0 radical (unpaired) electrons. The molecule has 2 N–H and O–H groups in total. The molecule has 4 rings (SSSR count). The zero-order chi connectivity index (χ0) is 23.5. The number of hydrogen-bond donors (Lipinski definition) is 2. The van der Waals surface area contributed by atoms with Crippen LogP contribution in [0.2, 0.25) is 5.02 Å². The summed E-state index contributed by atoms with van der Waals surface area (Å²) in [6.45, 7) is 2.00. The van der Waals surface area contributed by atoms with Crippen LogP contribution in [0.25, 0.3) is 22.6 Å². The highest BCUT2D eigenvalue weighted by molar-refractivity contribution is 7.80. The topological polar surface area (TPSA) is 85.6 Å². The molecule has 0 unspecified atom stereocenters. The molecule has 0 bridgehead atoms. The molecule has 7 nitrogen and oxygen atoms in total. The Morgan fingerprint density at radius 1 is 1.03 bits per heavy atom. The van der Waals surface area contributed by atoms with Gasteiger partial charge in [-0.2, -0.15) is 0 Å². The molecule has 33 heavy (non-hydrogen) atoms.